The largest absolute Gasteiger partial charge is 0.480 e. The Bertz CT molecular complexity index is 864. The van der Waals surface area contributed by atoms with Crippen LogP contribution in [0.2, 0.25) is 0 Å². The van der Waals surface area contributed by atoms with Crippen LogP contribution in [0.5, 0.6) is 0 Å². The number of hydrogen-bond acceptors (Lipinski definition) is 4. The lowest BCUT2D eigenvalue weighted by atomic mass is 10.0. The van der Waals surface area contributed by atoms with Crippen LogP contribution in [0.1, 0.15) is 213 Å². The van der Waals surface area contributed by atoms with Crippen LogP contribution in [0.25, 0.3) is 0 Å². The molecule has 0 spiro atoms. The van der Waals surface area contributed by atoms with E-state index in [2.05, 4.69) is 55.6 Å². The van der Waals surface area contributed by atoms with Crippen molar-refractivity contribution in [1.29, 1.82) is 0 Å². The van der Waals surface area contributed by atoms with Gasteiger partial charge in [0.25, 0.3) is 0 Å². The lowest BCUT2D eigenvalue weighted by molar-refractivity contribution is -0.150. The van der Waals surface area contributed by atoms with Crippen molar-refractivity contribution >= 4 is 17.8 Å². The molecular formula is C44H79NO5. The summed E-state index contributed by atoms with van der Waals surface area (Å²) in [5.41, 5.74) is 0. The lowest BCUT2D eigenvalue weighted by Crippen LogP contribution is -2.28. The number of carboxylic acid groups (broad SMARTS) is 1. The van der Waals surface area contributed by atoms with E-state index in [0.29, 0.717) is 12.8 Å². The highest BCUT2D eigenvalue weighted by molar-refractivity contribution is 5.80. The second kappa shape index (κ2) is 39.4. The maximum atomic E-state index is 12.7. The summed E-state index contributed by atoms with van der Waals surface area (Å²) in [4.78, 5) is 35.0. The molecule has 2 N–H and O–H groups in total. The summed E-state index contributed by atoms with van der Waals surface area (Å²) in [5.74, 6) is -1.23. The molecule has 0 aliphatic carbocycles. The van der Waals surface area contributed by atoms with Crippen molar-refractivity contribution in [3.05, 3.63) is 36.5 Å². The SMILES string of the molecule is CC/C=C\C/C=C\C/C=C\CCCCCCCCCC(=O)OC(CCCCCCCCCCCCC)CCCCCCCC(=O)NCC(=O)O. The summed E-state index contributed by atoms with van der Waals surface area (Å²) in [6, 6.07) is 0. The van der Waals surface area contributed by atoms with E-state index >= 15 is 0 Å². The average Bonchev–Trinajstić information content (AvgIpc) is 3.10. The minimum atomic E-state index is -1.02. The highest BCUT2D eigenvalue weighted by atomic mass is 16.5. The Morgan fingerprint density at radius 2 is 0.980 bits per heavy atom. The minimum Gasteiger partial charge on any atom is -0.480 e. The monoisotopic (exact) mass is 702 g/mol. The zero-order chi connectivity index (χ0) is 36.6. The van der Waals surface area contributed by atoms with Crippen molar-refractivity contribution in [2.24, 2.45) is 0 Å². The molecule has 1 atom stereocenters. The van der Waals surface area contributed by atoms with E-state index in [9.17, 15) is 14.4 Å². The number of rotatable bonds is 38. The molecule has 6 nitrogen and oxygen atoms in total. The maximum absolute atomic E-state index is 12.7. The molecule has 0 saturated carbocycles. The molecule has 0 rings (SSSR count). The fourth-order valence-electron chi connectivity index (χ4n) is 6.24. The van der Waals surface area contributed by atoms with Gasteiger partial charge in [-0.2, -0.15) is 0 Å². The number of aliphatic carboxylic acids is 1. The standard InChI is InChI=1S/C44H79NO5/c1-3-5-7-9-11-13-15-16-17-18-19-20-22-24-26-31-35-39-44(49)50-41(36-32-28-25-23-21-14-12-10-8-6-4-2)37-33-29-27-30-34-38-42(46)45-40-43(47)48/h5,7,11,13,16-17,41H,3-4,6,8-10,12,14-15,18-40H2,1-2H3,(H,45,46)(H,47,48)/b7-5-,13-11-,17-16-. The Kier molecular flexibility index (Phi) is 37.5. The van der Waals surface area contributed by atoms with Gasteiger partial charge >= 0.3 is 11.9 Å². The number of esters is 1. The first-order valence-electron chi connectivity index (χ1n) is 21.1. The van der Waals surface area contributed by atoms with Gasteiger partial charge in [-0.25, -0.2) is 0 Å². The van der Waals surface area contributed by atoms with Crippen LogP contribution in [0.4, 0.5) is 0 Å². The molecule has 0 aromatic carbocycles. The van der Waals surface area contributed by atoms with Crippen molar-refractivity contribution in [3.63, 3.8) is 0 Å². The summed E-state index contributed by atoms with van der Waals surface area (Å²) < 4.78 is 6.02. The highest BCUT2D eigenvalue weighted by Crippen LogP contribution is 2.19. The van der Waals surface area contributed by atoms with Gasteiger partial charge in [0.05, 0.1) is 0 Å². The van der Waals surface area contributed by atoms with E-state index in [1.54, 1.807) is 0 Å². The summed E-state index contributed by atoms with van der Waals surface area (Å²) in [5, 5.41) is 11.1. The molecule has 6 heteroatoms. The van der Waals surface area contributed by atoms with Crippen LogP contribution in [-0.4, -0.2) is 35.6 Å². The Balaban J connectivity index is 4.14. The molecule has 0 aromatic rings. The number of allylic oxidation sites excluding steroid dienone is 6. The van der Waals surface area contributed by atoms with Gasteiger partial charge in [-0.05, 0) is 70.6 Å². The normalized spacial score (nSPS) is 12.4. The first-order chi connectivity index (χ1) is 24.5. The topological polar surface area (TPSA) is 92.7 Å². The van der Waals surface area contributed by atoms with Crippen LogP contribution in [0.3, 0.4) is 0 Å². The van der Waals surface area contributed by atoms with E-state index in [4.69, 9.17) is 9.84 Å². The third kappa shape index (κ3) is 38.4. The molecule has 0 heterocycles. The summed E-state index contributed by atoms with van der Waals surface area (Å²) in [6.07, 6.45) is 48.3. The molecule has 0 aromatic heterocycles. The van der Waals surface area contributed by atoms with E-state index in [-0.39, 0.29) is 24.5 Å². The summed E-state index contributed by atoms with van der Waals surface area (Å²) in [6.45, 7) is 4.12. The number of unbranched alkanes of at least 4 members (excludes halogenated alkanes) is 21. The second-order valence-electron chi connectivity index (χ2n) is 14.2. The van der Waals surface area contributed by atoms with Crippen molar-refractivity contribution in [2.45, 2.75) is 219 Å². The predicted octanol–water partition coefficient (Wildman–Crippen LogP) is 12.9. The van der Waals surface area contributed by atoms with Crippen LogP contribution < -0.4 is 5.32 Å². The number of hydrogen-bond donors (Lipinski definition) is 2. The third-order valence-electron chi connectivity index (χ3n) is 9.33. The number of nitrogens with one attached hydrogen (secondary N) is 1. The molecule has 0 aliphatic rings. The number of ether oxygens (including phenoxy) is 1. The van der Waals surface area contributed by atoms with Gasteiger partial charge in [0.1, 0.15) is 12.6 Å². The van der Waals surface area contributed by atoms with Crippen LogP contribution in [-0.2, 0) is 19.1 Å². The zero-order valence-corrected chi connectivity index (χ0v) is 32.7. The molecule has 1 amide bonds. The van der Waals surface area contributed by atoms with E-state index in [0.717, 1.165) is 83.5 Å². The Morgan fingerprint density at radius 3 is 1.50 bits per heavy atom. The quantitative estimate of drug-likeness (QED) is 0.0380. The Morgan fingerprint density at radius 1 is 0.540 bits per heavy atom. The molecule has 1 unspecified atom stereocenters. The van der Waals surface area contributed by atoms with Crippen LogP contribution in [0.15, 0.2) is 36.5 Å². The average molecular weight is 702 g/mol. The van der Waals surface area contributed by atoms with Crippen molar-refractivity contribution in [3.8, 4) is 0 Å². The molecule has 0 saturated heterocycles. The van der Waals surface area contributed by atoms with Gasteiger partial charge in [0.15, 0.2) is 0 Å². The molecular weight excluding hydrogens is 622 g/mol. The number of carboxylic acids is 1. The molecule has 50 heavy (non-hydrogen) atoms. The molecule has 290 valence electrons. The number of carbonyl (C=O) groups excluding carboxylic acids is 2. The van der Waals surface area contributed by atoms with Gasteiger partial charge in [0, 0.05) is 12.8 Å². The van der Waals surface area contributed by atoms with Gasteiger partial charge in [-0.15, -0.1) is 0 Å². The summed E-state index contributed by atoms with van der Waals surface area (Å²) in [7, 11) is 0. The fraction of sp³-hybridized carbons (Fsp3) is 0.795. The first-order valence-corrected chi connectivity index (χ1v) is 21.1. The Labute approximate surface area is 308 Å². The molecule has 0 radical (unpaired) electrons. The smallest absolute Gasteiger partial charge is 0.322 e. The maximum Gasteiger partial charge on any atom is 0.322 e. The molecule has 0 aliphatic heterocycles. The van der Waals surface area contributed by atoms with Crippen LogP contribution >= 0.6 is 0 Å². The zero-order valence-electron chi connectivity index (χ0n) is 32.7. The van der Waals surface area contributed by atoms with E-state index in [1.165, 1.54) is 103 Å². The Hall–Kier alpha value is -2.37. The van der Waals surface area contributed by atoms with Gasteiger partial charge < -0.3 is 15.2 Å². The fourth-order valence-corrected chi connectivity index (χ4v) is 6.24. The number of amides is 1. The second-order valence-corrected chi connectivity index (χ2v) is 14.2. The van der Waals surface area contributed by atoms with Crippen molar-refractivity contribution in [2.75, 3.05) is 6.54 Å². The van der Waals surface area contributed by atoms with E-state index < -0.39 is 5.97 Å². The molecule has 0 bridgehead atoms. The lowest BCUT2D eigenvalue weighted by Gasteiger charge is -2.18. The van der Waals surface area contributed by atoms with Gasteiger partial charge in [-0.3, -0.25) is 14.4 Å². The van der Waals surface area contributed by atoms with Crippen molar-refractivity contribution < 1.29 is 24.2 Å². The van der Waals surface area contributed by atoms with Gasteiger partial charge in [0.2, 0.25) is 5.91 Å². The van der Waals surface area contributed by atoms with Crippen LogP contribution in [0, 0.1) is 0 Å². The first kappa shape index (κ1) is 47.6. The van der Waals surface area contributed by atoms with Gasteiger partial charge in [-0.1, -0.05) is 166 Å². The highest BCUT2D eigenvalue weighted by Gasteiger charge is 2.14. The number of carbonyl (C=O) groups is 3. The third-order valence-corrected chi connectivity index (χ3v) is 9.33. The van der Waals surface area contributed by atoms with Crippen molar-refractivity contribution in [1.82, 2.24) is 5.32 Å². The van der Waals surface area contributed by atoms with E-state index in [1.807, 2.05) is 0 Å². The predicted molar refractivity (Wildman–Crippen MR) is 212 cm³/mol. The molecule has 0 fully saturated rings. The minimum absolute atomic E-state index is 0.0236. The summed E-state index contributed by atoms with van der Waals surface area (Å²) >= 11 is 0.